The molecule has 0 aromatic heterocycles. The molecule has 92 valence electrons. The van der Waals surface area contributed by atoms with E-state index in [0.29, 0.717) is 24.4 Å². The van der Waals surface area contributed by atoms with Crippen molar-refractivity contribution >= 4 is 0 Å². The molecule has 0 rings (SSSR count). The van der Waals surface area contributed by atoms with Gasteiger partial charge in [0.15, 0.2) is 0 Å². The molecule has 0 saturated carbocycles. The van der Waals surface area contributed by atoms with E-state index >= 15 is 0 Å². The highest BCUT2D eigenvalue weighted by Crippen LogP contribution is 2.15. The Balaban J connectivity index is 3.82. The second kappa shape index (κ2) is 6.49. The van der Waals surface area contributed by atoms with Gasteiger partial charge in [0, 0.05) is 12.6 Å². The van der Waals surface area contributed by atoms with Gasteiger partial charge in [0.05, 0.1) is 5.60 Å². The van der Waals surface area contributed by atoms with Crippen LogP contribution in [0.3, 0.4) is 0 Å². The molecule has 0 bridgehead atoms. The Labute approximate surface area is 95.5 Å². The third-order valence-electron chi connectivity index (χ3n) is 2.50. The summed E-state index contributed by atoms with van der Waals surface area (Å²) in [5, 5.41) is 13.5. The van der Waals surface area contributed by atoms with E-state index < -0.39 is 5.60 Å². The van der Waals surface area contributed by atoms with Gasteiger partial charge in [-0.05, 0) is 38.5 Å². The monoisotopic (exact) mass is 215 g/mol. The highest BCUT2D eigenvalue weighted by Gasteiger charge is 2.22. The van der Waals surface area contributed by atoms with E-state index in [1.165, 1.54) is 0 Å². The molecule has 0 aromatic carbocycles. The quantitative estimate of drug-likeness (QED) is 0.684. The summed E-state index contributed by atoms with van der Waals surface area (Å²) < 4.78 is 0. The smallest absolute Gasteiger partial charge is 0.0746 e. The Morgan fingerprint density at radius 2 is 1.60 bits per heavy atom. The second-order valence-electron chi connectivity index (χ2n) is 6.01. The van der Waals surface area contributed by atoms with Crippen molar-refractivity contribution in [1.29, 1.82) is 0 Å². The van der Waals surface area contributed by atoms with Crippen LogP contribution in [0, 0.1) is 11.8 Å². The minimum absolute atomic E-state index is 0.489. The molecule has 2 atom stereocenters. The average Bonchev–Trinajstić information content (AvgIpc) is 1.97. The molecule has 0 aliphatic rings. The minimum Gasteiger partial charge on any atom is -0.389 e. The van der Waals surface area contributed by atoms with Gasteiger partial charge in [0.25, 0.3) is 0 Å². The summed E-state index contributed by atoms with van der Waals surface area (Å²) >= 11 is 0. The SMILES string of the molecule is CC(C)CC(C)NCC(C)(O)CC(C)C. The lowest BCUT2D eigenvalue weighted by atomic mass is 9.93. The van der Waals surface area contributed by atoms with E-state index in [-0.39, 0.29) is 0 Å². The number of hydrogen-bond acceptors (Lipinski definition) is 2. The van der Waals surface area contributed by atoms with Crippen molar-refractivity contribution in [1.82, 2.24) is 5.32 Å². The normalized spacial score (nSPS) is 18.2. The van der Waals surface area contributed by atoms with Gasteiger partial charge in [-0.3, -0.25) is 0 Å². The molecule has 0 aliphatic carbocycles. The van der Waals surface area contributed by atoms with Gasteiger partial charge in [-0.2, -0.15) is 0 Å². The number of hydrogen-bond donors (Lipinski definition) is 2. The Morgan fingerprint density at radius 1 is 1.07 bits per heavy atom. The van der Waals surface area contributed by atoms with E-state index in [4.69, 9.17) is 0 Å². The van der Waals surface area contributed by atoms with Crippen LogP contribution in [0.1, 0.15) is 54.4 Å². The van der Waals surface area contributed by atoms with Crippen LogP contribution in [0.5, 0.6) is 0 Å². The minimum atomic E-state index is -0.570. The zero-order valence-electron chi connectivity index (χ0n) is 11.3. The topological polar surface area (TPSA) is 32.3 Å². The maximum absolute atomic E-state index is 10.1. The van der Waals surface area contributed by atoms with Gasteiger partial charge in [0.2, 0.25) is 0 Å². The van der Waals surface area contributed by atoms with Crippen LogP contribution in [0.25, 0.3) is 0 Å². The Bertz CT molecular complexity index is 164. The molecule has 0 aromatic rings. The van der Waals surface area contributed by atoms with E-state index in [0.717, 1.165) is 12.8 Å². The van der Waals surface area contributed by atoms with Crippen LogP contribution in [-0.2, 0) is 0 Å². The van der Waals surface area contributed by atoms with Crippen molar-refractivity contribution in [3.63, 3.8) is 0 Å². The molecule has 0 radical (unpaired) electrons. The first kappa shape index (κ1) is 14.9. The van der Waals surface area contributed by atoms with Gasteiger partial charge < -0.3 is 10.4 Å². The summed E-state index contributed by atoms with van der Waals surface area (Å²) in [6.07, 6.45) is 2.02. The Hall–Kier alpha value is -0.0800. The lowest BCUT2D eigenvalue weighted by Gasteiger charge is -2.28. The molecule has 0 aliphatic heterocycles. The van der Waals surface area contributed by atoms with E-state index in [2.05, 4.69) is 39.9 Å². The molecule has 0 heterocycles. The number of rotatable bonds is 7. The van der Waals surface area contributed by atoms with Crippen molar-refractivity contribution in [3.8, 4) is 0 Å². The van der Waals surface area contributed by atoms with Crippen molar-refractivity contribution < 1.29 is 5.11 Å². The third kappa shape index (κ3) is 8.88. The van der Waals surface area contributed by atoms with Crippen molar-refractivity contribution in [3.05, 3.63) is 0 Å². The Morgan fingerprint density at radius 3 is 2.00 bits per heavy atom. The third-order valence-corrected chi connectivity index (χ3v) is 2.50. The summed E-state index contributed by atoms with van der Waals surface area (Å²) in [6, 6.07) is 0.489. The molecule has 0 fully saturated rings. The molecule has 0 saturated heterocycles. The molecule has 2 heteroatoms. The lowest BCUT2D eigenvalue weighted by molar-refractivity contribution is 0.0358. The number of aliphatic hydroxyl groups is 1. The summed E-state index contributed by atoms with van der Waals surface area (Å²) in [5.74, 6) is 1.25. The van der Waals surface area contributed by atoms with Gasteiger partial charge in [-0.25, -0.2) is 0 Å². The molecule has 2 nitrogen and oxygen atoms in total. The van der Waals surface area contributed by atoms with Gasteiger partial charge >= 0.3 is 0 Å². The van der Waals surface area contributed by atoms with Crippen molar-refractivity contribution in [2.24, 2.45) is 11.8 Å². The predicted octanol–water partition coefficient (Wildman–Crippen LogP) is 2.81. The largest absolute Gasteiger partial charge is 0.389 e. The molecule has 15 heavy (non-hydrogen) atoms. The highest BCUT2D eigenvalue weighted by atomic mass is 16.3. The molecule has 0 amide bonds. The molecular formula is C13H29NO. The van der Waals surface area contributed by atoms with Gasteiger partial charge in [-0.15, -0.1) is 0 Å². The van der Waals surface area contributed by atoms with E-state index in [1.54, 1.807) is 0 Å². The maximum Gasteiger partial charge on any atom is 0.0746 e. The Kier molecular flexibility index (Phi) is 6.46. The standard InChI is InChI=1S/C13H29NO/c1-10(2)7-12(5)14-9-13(6,15)8-11(3)4/h10-12,14-15H,7-9H2,1-6H3. The van der Waals surface area contributed by atoms with Crippen LogP contribution in [0.15, 0.2) is 0 Å². The van der Waals surface area contributed by atoms with Crippen LogP contribution in [0.4, 0.5) is 0 Å². The highest BCUT2D eigenvalue weighted by molar-refractivity contribution is 4.78. The molecule has 0 spiro atoms. The van der Waals surface area contributed by atoms with Crippen LogP contribution >= 0.6 is 0 Å². The zero-order valence-corrected chi connectivity index (χ0v) is 11.3. The zero-order chi connectivity index (χ0) is 12.1. The fraction of sp³-hybridized carbons (Fsp3) is 1.00. The second-order valence-corrected chi connectivity index (χ2v) is 6.01. The molecular weight excluding hydrogens is 186 g/mol. The first-order chi connectivity index (χ1) is 6.73. The van der Waals surface area contributed by atoms with Crippen LogP contribution < -0.4 is 5.32 Å². The van der Waals surface area contributed by atoms with E-state index in [9.17, 15) is 5.11 Å². The molecule has 2 N–H and O–H groups in total. The first-order valence-corrected chi connectivity index (χ1v) is 6.18. The maximum atomic E-state index is 10.1. The fourth-order valence-corrected chi connectivity index (χ4v) is 2.14. The lowest BCUT2D eigenvalue weighted by Crippen LogP contribution is -2.42. The van der Waals surface area contributed by atoms with Crippen LogP contribution in [0.2, 0.25) is 0 Å². The number of nitrogens with one attached hydrogen (secondary N) is 1. The first-order valence-electron chi connectivity index (χ1n) is 6.18. The van der Waals surface area contributed by atoms with Gasteiger partial charge in [0.1, 0.15) is 0 Å². The van der Waals surface area contributed by atoms with Crippen molar-refractivity contribution in [2.75, 3.05) is 6.54 Å². The summed E-state index contributed by atoms with van der Waals surface area (Å²) in [6.45, 7) is 13.5. The van der Waals surface area contributed by atoms with E-state index in [1.807, 2.05) is 6.92 Å². The van der Waals surface area contributed by atoms with Crippen molar-refractivity contribution in [2.45, 2.75) is 66.0 Å². The summed E-state index contributed by atoms with van der Waals surface area (Å²) in [4.78, 5) is 0. The molecule has 2 unspecified atom stereocenters. The average molecular weight is 215 g/mol. The van der Waals surface area contributed by atoms with Crippen LogP contribution in [-0.4, -0.2) is 23.3 Å². The fourth-order valence-electron chi connectivity index (χ4n) is 2.14. The summed E-state index contributed by atoms with van der Waals surface area (Å²) in [5.41, 5.74) is -0.570. The van der Waals surface area contributed by atoms with Gasteiger partial charge in [-0.1, -0.05) is 27.7 Å². The predicted molar refractivity (Wildman–Crippen MR) is 67.0 cm³/mol. The summed E-state index contributed by atoms with van der Waals surface area (Å²) in [7, 11) is 0.